The minimum absolute atomic E-state index is 0.171. The van der Waals surface area contributed by atoms with Gasteiger partial charge in [0.1, 0.15) is 23.0 Å². The van der Waals surface area contributed by atoms with Gasteiger partial charge in [-0.05, 0) is 26.0 Å². The van der Waals surface area contributed by atoms with Crippen LogP contribution in [0.25, 0.3) is 0 Å². The molecule has 2 bridgehead atoms. The van der Waals surface area contributed by atoms with Gasteiger partial charge in [0, 0.05) is 36.1 Å². The van der Waals surface area contributed by atoms with E-state index in [4.69, 9.17) is 4.74 Å². The van der Waals surface area contributed by atoms with Gasteiger partial charge in [-0.2, -0.15) is 13.2 Å². The fraction of sp³-hybridized carbons (Fsp3) is 0.409. The molecule has 1 fully saturated rings. The summed E-state index contributed by atoms with van der Waals surface area (Å²) in [5.41, 5.74) is -1.63. The van der Waals surface area contributed by atoms with Crippen LogP contribution in [-0.4, -0.2) is 39.8 Å². The predicted octanol–water partition coefficient (Wildman–Crippen LogP) is 4.22. The van der Waals surface area contributed by atoms with Crippen LogP contribution in [0.3, 0.4) is 0 Å². The van der Waals surface area contributed by atoms with Gasteiger partial charge in [0.15, 0.2) is 0 Å². The second-order valence-corrected chi connectivity index (χ2v) is 8.26. The van der Waals surface area contributed by atoms with Crippen LogP contribution >= 0.6 is 0 Å². The highest BCUT2D eigenvalue weighted by atomic mass is 19.4. The summed E-state index contributed by atoms with van der Waals surface area (Å²) in [6.07, 6.45) is -3.28. The molecular formula is C22H18F5N3O2. The number of hydrogen-bond acceptors (Lipinski definition) is 4. The van der Waals surface area contributed by atoms with Crippen molar-refractivity contribution in [1.29, 1.82) is 0 Å². The van der Waals surface area contributed by atoms with Gasteiger partial charge >= 0.3 is 6.18 Å². The lowest BCUT2D eigenvalue weighted by molar-refractivity contribution is -0.150. The monoisotopic (exact) mass is 451 g/mol. The zero-order valence-corrected chi connectivity index (χ0v) is 17.1. The van der Waals surface area contributed by atoms with Crippen molar-refractivity contribution in [1.82, 2.24) is 14.9 Å². The van der Waals surface area contributed by atoms with Gasteiger partial charge in [-0.3, -0.25) is 14.8 Å². The second-order valence-electron chi connectivity index (χ2n) is 8.26. The fourth-order valence-corrected chi connectivity index (χ4v) is 3.73. The van der Waals surface area contributed by atoms with Crippen molar-refractivity contribution in [3.8, 4) is 17.6 Å². The van der Waals surface area contributed by atoms with E-state index < -0.39 is 35.7 Å². The Morgan fingerprint density at radius 1 is 1.19 bits per heavy atom. The number of ether oxygens (including phenoxy) is 1. The minimum atomic E-state index is -4.54. The first-order valence-corrected chi connectivity index (χ1v) is 9.77. The molecule has 2 aliphatic heterocycles. The number of rotatable bonds is 2. The summed E-state index contributed by atoms with van der Waals surface area (Å²) < 4.78 is 70.7. The molecule has 2 aliphatic rings. The molecule has 168 valence electrons. The number of nitrogens with zero attached hydrogens (tertiary/aromatic N) is 3. The first kappa shape index (κ1) is 22.0. The van der Waals surface area contributed by atoms with Gasteiger partial charge in [-0.25, -0.2) is 8.78 Å². The number of halogens is 5. The molecule has 10 heteroatoms. The Labute approximate surface area is 180 Å². The molecule has 0 radical (unpaired) electrons. The third kappa shape index (κ3) is 3.87. The lowest BCUT2D eigenvalue weighted by atomic mass is 9.91. The number of hydrogen-bond donors (Lipinski definition) is 0. The Morgan fingerprint density at radius 3 is 2.56 bits per heavy atom. The van der Waals surface area contributed by atoms with Crippen molar-refractivity contribution in [3.05, 3.63) is 53.1 Å². The molecule has 2 aromatic rings. The first-order chi connectivity index (χ1) is 15.0. The van der Waals surface area contributed by atoms with E-state index in [9.17, 15) is 26.7 Å². The van der Waals surface area contributed by atoms with Crippen molar-refractivity contribution in [3.63, 3.8) is 0 Å². The molecule has 2 aromatic heterocycles. The maximum Gasteiger partial charge on any atom is 0.433 e. The normalized spacial score (nSPS) is 19.8. The topological polar surface area (TPSA) is 55.3 Å². The standard InChI is InChI=1S/C22H18F5N3O2/c1-21(2,19(23)24)20(31)30-11-14-7-16(30)15-10-28-9-13(18(15)32-14)5-3-12-4-6-17(29-8-12)22(25,26)27/h4,6,8-10,14,16,19H,7,11H2,1-2H3/t14-,16-/m0/s1. The Balaban J connectivity index is 1.63. The van der Waals surface area contributed by atoms with Crippen LogP contribution in [0.15, 0.2) is 30.7 Å². The molecular weight excluding hydrogens is 433 g/mol. The largest absolute Gasteiger partial charge is 0.487 e. The maximum atomic E-state index is 13.4. The molecule has 32 heavy (non-hydrogen) atoms. The van der Waals surface area contributed by atoms with E-state index >= 15 is 0 Å². The highest BCUT2D eigenvalue weighted by Crippen LogP contribution is 2.46. The van der Waals surface area contributed by atoms with Crippen LogP contribution in [0.1, 0.15) is 48.7 Å². The van der Waals surface area contributed by atoms with Gasteiger partial charge in [-0.15, -0.1) is 0 Å². The summed E-state index contributed by atoms with van der Waals surface area (Å²) in [5.74, 6) is 5.30. The summed E-state index contributed by atoms with van der Waals surface area (Å²) >= 11 is 0. The van der Waals surface area contributed by atoms with Crippen molar-refractivity contribution in [2.75, 3.05) is 6.54 Å². The van der Waals surface area contributed by atoms with E-state index in [1.54, 1.807) is 0 Å². The molecule has 0 saturated carbocycles. The van der Waals surface area contributed by atoms with Gasteiger partial charge in [-0.1, -0.05) is 11.8 Å². The molecule has 0 aromatic carbocycles. The Bertz CT molecular complexity index is 1100. The van der Waals surface area contributed by atoms with Crippen LogP contribution in [0.4, 0.5) is 22.0 Å². The lowest BCUT2D eigenvalue weighted by Crippen LogP contribution is -2.44. The highest BCUT2D eigenvalue weighted by molar-refractivity contribution is 5.83. The molecule has 0 unspecified atom stereocenters. The lowest BCUT2D eigenvalue weighted by Gasteiger charge is -2.32. The molecule has 5 nitrogen and oxygen atoms in total. The van der Waals surface area contributed by atoms with Crippen LogP contribution in [0.5, 0.6) is 5.75 Å². The summed E-state index contributed by atoms with van der Waals surface area (Å²) in [5, 5.41) is 0. The molecule has 0 N–H and O–H groups in total. The summed E-state index contributed by atoms with van der Waals surface area (Å²) in [6.45, 7) is 2.59. The van der Waals surface area contributed by atoms with Gasteiger partial charge in [0.25, 0.3) is 6.43 Å². The first-order valence-electron chi connectivity index (χ1n) is 9.77. The maximum absolute atomic E-state index is 13.4. The smallest absolute Gasteiger partial charge is 0.433 e. The average Bonchev–Trinajstić information content (AvgIpc) is 3.08. The van der Waals surface area contributed by atoms with E-state index in [1.165, 1.54) is 37.2 Å². The number of alkyl halides is 5. The SMILES string of the molecule is CC(C)(C(=O)N1C[C@@H]2C[C@H]1c1cncc(C#Cc3ccc(C(F)(F)F)nc3)c1O2)C(F)F. The number of amides is 1. The van der Waals surface area contributed by atoms with Crippen molar-refractivity contribution in [2.24, 2.45) is 5.41 Å². The van der Waals surface area contributed by atoms with Crippen molar-refractivity contribution >= 4 is 5.91 Å². The van der Waals surface area contributed by atoms with E-state index in [0.29, 0.717) is 23.3 Å². The third-order valence-corrected chi connectivity index (χ3v) is 5.58. The number of aromatic nitrogens is 2. The molecule has 4 rings (SSSR count). The van der Waals surface area contributed by atoms with Crippen molar-refractivity contribution in [2.45, 2.75) is 45.0 Å². The average molecular weight is 451 g/mol. The van der Waals surface area contributed by atoms with Gasteiger partial charge in [0.05, 0.1) is 18.2 Å². The van der Waals surface area contributed by atoms with Gasteiger partial charge in [0.2, 0.25) is 5.91 Å². The van der Waals surface area contributed by atoms with E-state index in [0.717, 1.165) is 12.3 Å². The third-order valence-electron chi connectivity index (χ3n) is 5.58. The summed E-state index contributed by atoms with van der Waals surface area (Å²) in [7, 11) is 0. The molecule has 4 heterocycles. The summed E-state index contributed by atoms with van der Waals surface area (Å²) in [6, 6.07) is 1.59. The Hall–Kier alpha value is -3.22. The number of pyridine rings is 2. The zero-order valence-electron chi connectivity index (χ0n) is 17.1. The van der Waals surface area contributed by atoms with Crippen LogP contribution < -0.4 is 4.74 Å². The summed E-state index contributed by atoms with van der Waals surface area (Å²) in [4.78, 5) is 21.7. The molecule has 0 aliphatic carbocycles. The minimum Gasteiger partial charge on any atom is -0.487 e. The zero-order chi connectivity index (χ0) is 23.3. The van der Waals surface area contributed by atoms with E-state index in [1.807, 2.05) is 0 Å². The molecule has 0 spiro atoms. The molecule has 1 saturated heterocycles. The predicted molar refractivity (Wildman–Crippen MR) is 103 cm³/mol. The molecule has 2 atom stereocenters. The number of likely N-dealkylation sites (tertiary alicyclic amines) is 1. The quantitative estimate of drug-likeness (QED) is 0.507. The number of fused-ring (bicyclic) bond motifs is 4. The van der Waals surface area contributed by atoms with Gasteiger partial charge < -0.3 is 9.64 Å². The number of carbonyl (C=O) groups excluding carboxylic acids is 1. The van der Waals surface area contributed by atoms with E-state index in [2.05, 4.69) is 21.8 Å². The Kier molecular flexibility index (Phi) is 5.31. The van der Waals surface area contributed by atoms with E-state index in [-0.39, 0.29) is 18.2 Å². The number of carbonyl (C=O) groups is 1. The van der Waals surface area contributed by atoms with Crippen molar-refractivity contribution < 1.29 is 31.5 Å². The van der Waals surface area contributed by atoms with Crippen LogP contribution in [-0.2, 0) is 11.0 Å². The fourth-order valence-electron chi connectivity index (χ4n) is 3.73. The highest BCUT2D eigenvalue weighted by Gasteiger charge is 2.49. The Morgan fingerprint density at radius 2 is 1.94 bits per heavy atom. The molecule has 1 amide bonds. The van der Waals surface area contributed by atoms with Crippen LogP contribution in [0.2, 0.25) is 0 Å². The second kappa shape index (κ2) is 7.73. The van der Waals surface area contributed by atoms with Crippen LogP contribution in [0, 0.1) is 17.3 Å².